The van der Waals surface area contributed by atoms with Crippen LogP contribution in [0.5, 0.6) is 0 Å². The monoisotopic (exact) mass is 564 g/mol. The lowest BCUT2D eigenvalue weighted by Crippen LogP contribution is -2.47. The van der Waals surface area contributed by atoms with Crippen molar-refractivity contribution in [1.29, 1.82) is 5.41 Å². The number of nitrogen functional groups attached to an aromatic ring is 1. The summed E-state index contributed by atoms with van der Waals surface area (Å²) in [5.74, 6) is 1.04. The van der Waals surface area contributed by atoms with Gasteiger partial charge in [0.1, 0.15) is 22.6 Å². The van der Waals surface area contributed by atoms with Crippen LogP contribution < -0.4 is 20.9 Å². The van der Waals surface area contributed by atoms with Gasteiger partial charge in [-0.2, -0.15) is 0 Å². The fourth-order valence-electron chi connectivity index (χ4n) is 4.53. The number of nitrogens with one attached hydrogen (secondary N) is 2. The number of halogens is 2. The zero-order valence-corrected chi connectivity index (χ0v) is 21.5. The highest BCUT2D eigenvalue weighted by atomic mass is 79.9. The Morgan fingerprint density at radius 3 is 2.47 bits per heavy atom. The summed E-state index contributed by atoms with van der Waals surface area (Å²) >= 11 is 6.94. The van der Waals surface area contributed by atoms with Gasteiger partial charge in [-0.3, -0.25) is 5.41 Å². The second kappa shape index (κ2) is 10.4. The SMILES string of the molecule is Cc1c(NCCN2CCCC2)cc(Br)cc1N1CCN(c2ncnc(N)c2C(=N)Br)CC1. The topological polar surface area (TPSA) is 97.4 Å². The van der Waals surface area contributed by atoms with Crippen LogP contribution in [0.15, 0.2) is 22.9 Å². The molecule has 2 saturated heterocycles. The van der Waals surface area contributed by atoms with E-state index in [1.54, 1.807) is 0 Å². The maximum absolute atomic E-state index is 8.00. The first-order valence-electron chi connectivity index (χ1n) is 11.0. The Morgan fingerprint density at radius 1 is 1.09 bits per heavy atom. The van der Waals surface area contributed by atoms with E-state index in [1.165, 1.54) is 49.2 Å². The van der Waals surface area contributed by atoms with Gasteiger partial charge in [-0.1, -0.05) is 15.9 Å². The van der Waals surface area contributed by atoms with Crippen molar-refractivity contribution < 1.29 is 0 Å². The number of likely N-dealkylation sites (tertiary alicyclic amines) is 1. The number of hydrogen-bond donors (Lipinski definition) is 3. The lowest BCUT2D eigenvalue weighted by Gasteiger charge is -2.38. The summed E-state index contributed by atoms with van der Waals surface area (Å²) in [4.78, 5) is 15.6. The standard InChI is InChI=1S/C22H30Br2N8/c1-15-17(27-4-7-30-5-2-3-6-30)12-16(23)13-18(15)31-8-10-32(11-9-31)22-19(20(24)25)21(26)28-14-29-22/h12-14,25,27H,2-11H2,1H3,(H2,26,28,29). The molecule has 3 heterocycles. The highest BCUT2D eigenvalue weighted by Crippen LogP contribution is 2.33. The number of aromatic nitrogens is 2. The van der Waals surface area contributed by atoms with Gasteiger partial charge >= 0.3 is 0 Å². The maximum atomic E-state index is 8.00. The molecule has 2 aliphatic rings. The molecule has 4 rings (SSSR count). The molecule has 0 unspecified atom stereocenters. The van der Waals surface area contributed by atoms with Crippen LogP contribution in [0.25, 0.3) is 0 Å². The number of nitrogens with zero attached hydrogens (tertiary/aromatic N) is 5. The van der Waals surface area contributed by atoms with E-state index in [2.05, 4.69) is 80.9 Å². The minimum Gasteiger partial charge on any atom is -0.383 e. The normalized spacial score (nSPS) is 17.1. The summed E-state index contributed by atoms with van der Waals surface area (Å²) in [6.45, 7) is 10.0. The summed E-state index contributed by atoms with van der Waals surface area (Å²) in [5, 5.41) is 11.7. The van der Waals surface area contributed by atoms with Crippen LogP contribution in [-0.4, -0.2) is 71.8 Å². The molecule has 0 spiro atoms. The van der Waals surface area contributed by atoms with Crippen LogP contribution in [0, 0.1) is 12.3 Å². The van der Waals surface area contributed by atoms with Gasteiger partial charge in [0, 0.05) is 55.1 Å². The molecular formula is C22H30Br2N8. The second-order valence-corrected chi connectivity index (χ2v) is 10.0. The molecule has 172 valence electrons. The van der Waals surface area contributed by atoms with Crippen LogP contribution in [0.3, 0.4) is 0 Å². The molecule has 0 amide bonds. The van der Waals surface area contributed by atoms with E-state index >= 15 is 0 Å². The van der Waals surface area contributed by atoms with Gasteiger partial charge in [-0.05, 0) is 66.5 Å². The Hall–Kier alpha value is -1.91. The molecule has 1 aromatic carbocycles. The first kappa shape index (κ1) is 23.3. The van der Waals surface area contributed by atoms with E-state index < -0.39 is 0 Å². The molecule has 0 atom stereocenters. The molecule has 0 aliphatic carbocycles. The van der Waals surface area contributed by atoms with E-state index in [0.29, 0.717) is 17.2 Å². The van der Waals surface area contributed by atoms with Gasteiger partial charge < -0.3 is 25.8 Å². The summed E-state index contributed by atoms with van der Waals surface area (Å²) in [6, 6.07) is 4.38. The zero-order chi connectivity index (χ0) is 22.7. The molecule has 4 N–H and O–H groups in total. The number of benzene rings is 1. The largest absolute Gasteiger partial charge is 0.383 e. The molecule has 2 aromatic rings. The fraction of sp³-hybridized carbons (Fsp3) is 0.500. The van der Waals surface area contributed by atoms with Crippen molar-refractivity contribution in [2.24, 2.45) is 0 Å². The maximum Gasteiger partial charge on any atom is 0.144 e. The highest BCUT2D eigenvalue weighted by Gasteiger charge is 2.24. The Bertz CT molecular complexity index is 969. The van der Waals surface area contributed by atoms with Crippen molar-refractivity contribution in [3.8, 4) is 0 Å². The summed E-state index contributed by atoms with van der Waals surface area (Å²) in [5.41, 5.74) is 10.3. The Labute approximate surface area is 206 Å². The molecule has 32 heavy (non-hydrogen) atoms. The molecule has 2 aliphatic heterocycles. The minimum absolute atomic E-state index is 0.209. The summed E-state index contributed by atoms with van der Waals surface area (Å²) < 4.78 is 1.29. The van der Waals surface area contributed by atoms with Crippen molar-refractivity contribution in [3.63, 3.8) is 0 Å². The lowest BCUT2D eigenvalue weighted by atomic mass is 10.1. The number of piperazine rings is 1. The van der Waals surface area contributed by atoms with Gasteiger partial charge in [-0.25, -0.2) is 9.97 Å². The second-order valence-electron chi connectivity index (χ2n) is 8.32. The molecular weight excluding hydrogens is 536 g/mol. The molecule has 0 saturated carbocycles. The summed E-state index contributed by atoms with van der Waals surface area (Å²) in [6.07, 6.45) is 4.12. The molecule has 0 bridgehead atoms. The van der Waals surface area contributed by atoms with Gasteiger partial charge in [0.05, 0.1) is 5.56 Å². The molecule has 2 fully saturated rings. The Kier molecular flexibility index (Phi) is 7.52. The third-order valence-corrected chi connectivity index (χ3v) is 7.14. The lowest BCUT2D eigenvalue weighted by molar-refractivity contribution is 0.352. The first-order chi connectivity index (χ1) is 15.4. The predicted molar refractivity (Wildman–Crippen MR) is 140 cm³/mol. The van der Waals surface area contributed by atoms with Crippen molar-refractivity contribution in [3.05, 3.63) is 34.1 Å². The average molecular weight is 566 g/mol. The van der Waals surface area contributed by atoms with E-state index in [0.717, 1.165) is 43.7 Å². The smallest absolute Gasteiger partial charge is 0.144 e. The number of nitrogens with two attached hydrogens (primary N) is 1. The molecule has 1 aromatic heterocycles. The average Bonchev–Trinajstić information content (AvgIpc) is 3.29. The van der Waals surface area contributed by atoms with E-state index in [1.807, 2.05) is 0 Å². The van der Waals surface area contributed by atoms with Crippen LogP contribution >= 0.6 is 31.9 Å². The Morgan fingerprint density at radius 2 is 1.78 bits per heavy atom. The van der Waals surface area contributed by atoms with Crippen molar-refractivity contribution in [2.45, 2.75) is 19.8 Å². The van der Waals surface area contributed by atoms with Crippen molar-refractivity contribution in [2.75, 3.05) is 73.2 Å². The highest BCUT2D eigenvalue weighted by molar-refractivity contribution is 9.18. The molecule has 8 nitrogen and oxygen atoms in total. The van der Waals surface area contributed by atoms with Gasteiger partial charge in [0.25, 0.3) is 0 Å². The zero-order valence-electron chi connectivity index (χ0n) is 18.4. The van der Waals surface area contributed by atoms with Gasteiger partial charge in [0.15, 0.2) is 0 Å². The number of anilines is 4. The van der Waals surface area contributed by atoms with Crippen LogP contribution in [0.2, 0.25) is 0 Å². The van der Waals surface area contributed by atoms with Crippen LogP contribution in [-0.2, 0) is 0 Å². The van der Waals surface area contributed by atoms with Gasteiger partial charge in [-0.15, -0.1) is 0 Å². The van der Waals surface area contributed by atoms with Gasteiger partial charge in [0.2, 0.25) is 0 Å². The Balaban J connectivity index is 1.44. The van der Waals surface area contributed by atoms with Crippen LogP contribution in [0.4, 0.5) is 23.0 Å². The van der Waals surface area contributed by atoms with Crippen LogP contribution in [0.1, 0.15) is 24.0 Å². The third kappa shape index (κ3) is 5.18. The van der Waals surface area contributed by atoms with Crippen molar-refractivity contribution in [1.82, 2.24) is 14.9 Å². The quantitative estimate of drug-likeness (QED) is 0.440. The third-order valence-electron chi connectivity index (χ3n) is 6.28. The number of hydrogen-bond acceptors (Lipinski definition) is 8. The molecule has 0 radical (unpaired) electrons. The van der Waals surface area contributed by atoms with Crippen molar-refractivity contribution >= 4 is 59.5 Å². The van der Waals surface area contributed by atoms with E-state index in [4.69, 9.17) is 11.1 Å². The van der Waals surface area contributed by atoms with E-state index in [9.17, 15) is 0 Å². The van der Waals surface area contributed by atoms with E-state index in [-0.39, 0.29) is 4.62 Å². The minimum atomic E-state index is 0.209. The first-order valence-corrected chi connectivity index (χ1v) is 12.6. The fourth-order valence-corrected chi connectivity index (χ4v) is 5.36. The molecule has 10 heteroatoms. The summed E-state index contributed by atoms with van der Waals surface area (Å²) in [7, 11) is 0. The predicted octanol–water partition coefficient (Wildman–Crippen LogP) is 3.68. The number of rotatable bonds is 7.